The summed E-state index contributed by atoms with van der Waals surface area (Å²) in [6.45, 7) is 3.60. The molecule has 2 saturated heterocycles. The topological polar surface area (TPSA) is 277 Å². The Morgan fingerprint density at radius 1 is 0.494 bits per heavy atom. The highest BCUT2D eigenvalue weighted by Crippen LogP contribution is 2.32. The third kappa shape index (κ3) is 20.6. The van der Waals surface area contributed by atoms with Gasteiger partial charge in [-0.1, -0.05) is 181 Å². The fourth-order valence-corrected chi connectivity index (χ4v) is 8.93. The first-order valence-electron chi connectivity index (χ1n) is 27.5. The number of ketones is 1. The lowest BCUT2D eigenvalue weighted by atomic mass is 10.1. The number of nitrogens with one attached hydrogen (secondary N) is 2. The lowest BCUT2D eigenvalue weighted by Crippen LogP contribution is -2.36. The zero-order valence-electron chi connectivity index (χ0n) is 47.0. The van der Waals surface area contributed by atoms with E-state index in [0.717, 1.165) is 119 Å². The van der Waals surface area contributed by atoms with E-state index in [4.69, 9.17) is 47.5 Å². The van der Waals surface area contributed by atoms with Crippen molar-refractivity contribution in [3.05, 3.63) is 239 Å². The quantitative estimate of drug-likeness (QED) is 0.0353. The number of aliphatic hydroxyl groups excluding tert-OH is 2. The van der Waals surface area contributed by atoms with Crippen molar-refractivity contribution in [2.75, 3.05) is 42.5 Å². The summed E-state index contributed by atoms with van der Waals surface area (Å²) in [6, 6.07) is 67.9. The summed E-state index contributed by atoms with van der Waals surface area (Å²) in [7, 11) is 7.36. The molecule has 0 atom stereocenters. The molecule has 17 nitrogen and oxygen atoms in total. The maximum Gasteiger partial charge on any atom is 0.377 e. The van der Waals surface area contributed by atoms with Crippen molar-refractivity contribution in [1.29, 1.82) is 0 Å². The predicted octanol–water partition coefficient (Wildman–Crippen LogP) is 12.4. The molecular formula is C66H63Cl3N10O7S. The minimum atomic E-state index is -1.67. The molecule has 446 valence electrons. The van der Waals surface area contributed by atoms with E-state index in [1.54, 1.807) is 30.3 Å². The van der Waals surface area contributed by atoms with Crippen molar-refractivity contribution >= 4 is 104 Å². The van der Waals surface area contributed by atoms with Gasteiger partial charge in [0.1, 0.15) is 17.1 Å². The molecule has 13 rings (SSSR count). The van der Waals surface area contributed by atoms with Gasteiger partial charge in [0.15, 0.2) is 11.0 Å². The number of nitrogens with zero attached hydrogens (tertiary/aromatic N) is 6. The van der Waals surface area contributed by atoms with Gasteiger partial charge in [-0.15, -0.1) is 0 Å². The number of aromatic amines is 1. The van der Waals surface area contributed by atoms with Gasteiger partial charge in [-0.2, -0.15) is 0 Å². The standard InChI is InChI=1S/C19H19N3O.C14H9ClN2.C14H10N2O.C8H6O3.C6H8N2.C5H11NO.Cl2OS/c23-15-10-12-22(13-11-15)19-18(14-6-2-1-3-7-14)20-16-8-4-5-9-17(16)21-19;15-14-13(10-6-2-1-3-7-10)16-11-8-4-5-9-12(11)17-14;17-14-13(10-6-2-1-3-7-10)15-11-8-4-5-9-12(11)16-14;9-7(8(10)11)6-4-2-1-3-5-6;7-5-3-1-2-4-6(5)8;7-5-1-3-6-4-2-5;1-4(2)3/h1-9,15,23H,10-13H2;1-9H;1-9H,(H,16,17);1-5H,(H,10,11);1-4H,7-8H2;5-7H,1-4H2;. The Labute approximate surface area is 519 Å². The monoisotopic (exact) mass is 1240 g/mol. The summed E-state index contributed by atoms with van der Waals surface area (Å²) in [6.07, 6.45) is 3.20. The lowest BCUT2D eigenvalue weighted by Gasteiger charge is -2.31. The molecule has 9 N–H and O–H groups in total. The van der Waals surface area contributed by atoms with Crippen LogP contribution in [0.5, 0.6) is 0 Å². The zero-order chi connectivity index (χ0) is 61.9. The molecule has 0 radical (unpaired) electrons. The highest BCUT2D eigenvalue weighted by molar-refractivity contribution is 8.26. The van der Waals surface area contributed by atoms with E-state index in [0.29, 0.717) is 22.2 Å². The number of nitrogen functional groups attached to an aromatic ring is 2. The van der Waals surface area contributed by atoms with E-state index in [9.17, 15) is 19.5 Å². The second-order valence-electron chi connectivity index (χ2n) is 19.3. The van der Waals surface area contributed by atoms with Crippen LogP contribution in [0.3, 0.4) is 0 Å². The molecule has 87 heavy (non-hydrogen) atoms. The number of piperidine rings is 2. The molecule has 2 fully saturated rings. The van der Waals surface area contributed by atoms with E-state index in [2.05, 4.69) is 63.7 Å². The van der Waals surface area contributed by atoms with Gasteiger partial charge < -0.3 is 42.0 Å². The van der Waals surface area contributed by atoms with Crippen LogP contribution in [0, 0.1) is 0 Å². The minimum Gasteiger partial charge on any atom is -0.475 e. The van der Waals surface area contributed by atoms with Crippen molar-refractivity contribution in [3.63, 3.8) is 0 Å². The van der Waals surface area contributed by atoms with Crippen molar-refractivity contribution < 1.29 is 29.1 Å². The van der Waals surface area contributed by atoms with Crippen LogP contribution in [0.4, 0.5) is 17.2 Å². The number of benzene rings is 8. The SMILES string of the molecule is Clc1nc2ccccc2nc1-c1ccccc1.Nc1ccccc1N.O=C(O)C(=O)c1ccccc1.O=S(Cl)Cl.O=c1[nH]c2ccccc2nc1-c1ccccc1.OC1CCN(c2nc3ccccc3nc2-c2ccccc2)CC1.OC1CCNCC1. The number of carbonyl (C=O) groups excluding carboxylic acids is 1. The molecule has 2 aliphatic heterocycles. The molecule has 11 aromatic rings. The third-order valence-electron chi connectivity index (χ3n) is 13.1. The van der Waals surface area contributed by atoms with Crippen LogP contribution in [-0.2, 0) is 14.0 Å². The fourth-order valence-electron chi connectivity index (χ4n) is 8.69. The molecule has 0 saturated carbocycles. The number of nitrogens with two attached hydrogens (primary N) is 2. The first kappa shape index (κ1) is 65.6. The first-order chi connectivity index (χ1) is 42.1. The van der Waals surface area contributed by atoms with Gasteiger partial charge in [0.05, 0.1) is 56.7 Å². The van der Waals surface area contributed by atoms with Gasteiger partial charge in [0.2, 0.25) is 9.23 Å². The normalized spacial score (nSPS) is 12.8. The number of aliphatic carboxylic acids is 1. The number of aliphatic hydroxyl groups is 2. The first-order valence-corrected chi connectivity index (χ1v) is 30.7. The lowest BCUT2D eigenvalue weighted by molar-refractivity contribution is -0.131. The van der Waals surface area contributed by atoms with Crippen molar-refractivity contribution in [1.82, 2.24) is 35.2 Å². The Morgan fingerprint density at radius 2 is 0.862 bits per heavy atom. The summed E-state index contributed by atoms with van der Waals surface area (Å²) >= 11 is 6.16. The number of H-pyrrole nitrogens is 1. The molecule has 3 aromatic heterocycles. The number of aromatic nitrogens is 6. The second kappa shape index (κ2) is 34.2. The summed E-state index contributed by atoms with van der Waals surface area (Å²) in [5.41, 5.74) is 22.2. The van der Waals surface area contributed by atoms with Crippen LogP contribution in [0.25, 0.3) is 66.9 Å². The zero-order valence-corrected chi connectivity index (χ0v) is 50.0. The minimum absolute atomic E-state index is 0.0266. The maximum absolute atomic E-state index is 11.9. The Morgan fingerprint density at radius 3 is 1.32 bits per heavy atom. The molecule has 2 aliphatic rings. The van der Waals surface area contributed by atoms with Crippen LogP contribution >= 0.6 is 33.0 Å². The van der Waals surface area contributed by atoms with Gasteiger partial charge in [-0.25, -0.2) is 33.9 Å². The molecule has 8 aromatic carbocycles. The molecule has 0 unspecified atom stereocenters. The number of Topliss-reactive ketones (excluding diaryl/α,β-unsaturated/α-hetero) is 1. The van der Waals surface area contributed by atoms with E-state index < -0.39 is 21.0 Å². The van der Waals surface area contributed by atoms with Crippen molar-refractivity contribution in [3.8, 4) is 33.8 Å². The predicted molar refractivity (Wildman–Crippen MR) is 352 cm³/mol. The number of halogens is 3. The van der Waals surface area contributed by atoms with Crippen LogP contribution in [0.15, 0.2) is 223 Å². The molecule has 0 aliphatic carbocycles. The molecular weight excluding hydrogens is 1180 g/mol. The second-order valence-corrected chi connectivity index (χ2v) is 22.2. The number of anilines is 3. The number of hydrogen-bond donors (Lipinski definition) is 7. The molecule has 0 amide bonds. The number of hydrogen-bond acceptors (Lipinski definition) is 15. The average Bonchev–Trinajstić information content (AvgIpc) is 1.65. The largest absolute Gasteiger partial charge is 0.475 e. The van der Waals surface area contributed by atoms with Gasteiger partial charge in [-0.3, -0.25) is 9.59 Å². The summed E-state index contributed by atoms with van der Waals surface area (Å²) in [5, 5.41) is 30.5. The summed E-state index contributed by atoms with van der Waals surface area (Å²) < 4.78 is 9.09. The molecule has 0 bridgehead atoms. The van der Waals surface area contributed by atoms with Crippen LogP contribution in [0.1, 0.15) is 36.0 Å². The summed E-state index contributed by atoms with van der Waals surface area (Å²) in [5.74, 6) is -1.37. The maximum atomic E-state index is 11.9. The summed E-state index contributed by atoms with van der Waals surface area (Å²) in [4.78, 5) is 61.0. The van der Waals surface area contributed by atoms with Crippen LogP contribution in [-0.4, -0.2) is 99.6 Å². The van der Waals surface area contributed by atoms with Gasteiger partial charge in [0.25, 0.3) is 11.3 Å². The van der Waals surface area contributed by atoms with Crippen LogP contribution < -0.4 is 27.2 Å². The van der Waals surface area contributed by atoms with Crippen LogP contribution in [0.2, 0.25) is 5.15 Å². The fraction of sp³-hybridized carbons (Fsp3) is 0.152. The van der Waals surface area contributed by atoms with E-state index in [1.165, 1.54) is 12.1 Å². The molecule has 21 heteroatoms. The average molecular weight is 1250 g/mol. The Hall–Kier alpha value is -8.98. The Kier molecular flexibility index (Phi) is 25.8. The van der Waals surface area contributed by atoms with Gasteiger partial charge >= 0.3 is 5.97 Å². The highest BCUT2D eigenvalue weighted by atomic mass is 36.0. The van der Waals surface area contributed by atoms with Gasteiger partial charge in [-0.05, 0) is 87.3 Å². The number of rotatable bonds is 6. The number of carbonyl (C=O) groups is 2. The van der Waals surface area contributed by atoms with E-state index >= 15 is 0 Å². The van der Waals surface area contributed by atoms with Crippen molar-refractivity contribution in [2.24, 2.45) is 0 Å². The smallest absolute Gasteiger partial charge is 0.377 e. The highest BCUT2D eigenvalue weighted by Gasteiger charge is 2.23. The van der Waals surface area contributed by atoms with E-state index in [-0.39, 0.29) is 23.3 Å². The number of fused-ring (bicyclic) bond motifs is 3. The Balaban J connectivity index is 0.000000153. The van der Waals surface area contributed by atoms with Crippen molar-refractivity contribution in [2.45, 2.75) is 37.9 Å². The number of carboxylic acids is 1. The molecule has 5 heterocycles. The van der Waals surface area contributed by atoms with Gasteiger partial charge in [0, 0.05) is 56.7 Å². The third-order valence-corrected chi connectivity index (χ3v) is 13.4. The Bertz CT molecular complexity index is 4010. The van der Waals surface area contributed by atoms with E-state index in [1.807, 2.05) is 164 Å². The number of para-hydroxylation sites is 8. The number of carboxylic acid groups (broad SMARTS) is 1. The molecule has 0 spiro atoms.